The second-order valence-corrected chi connectivity index (χ2v) is 6.24. The van der Waals surface area contributed by atoms with E-state index in [-0.39, 0.29) is 5.91 Å². The van der Waals surface area contributed by atoms with Crippen molar-refractivity contribution in [2.24, 2.45) is 0 Å². The molecular weight excluding hydrogens is 306 g/mol. The number of thioether (sulfide) groups is 1. The maximum absolute atomic E-state index is 12.2. The van der Waals surface area contributed by atoms with Crippen molar-refractivity contribution >= 4 is 23.4 Å². The van der Waals surface area contributed by atoms with E-state index in [2.05, 4.69) is 28.3 Å². The molecule has 0 saturated carbocycles. The van der Waals surface area contributed by atoms with E-state index < -0.39 is 0 Å². The fourth-order valence-corrected chi connectivity index (χ4v) is 2.95. The molecule has 1 N–H and O–H groups in total. The number of anilines is 1. The minimum Gasteiger partial charge on any atom is -0.326 e. The topological polar surface area (TPSA) is 54.9 Å². The van der Waals surface area contributed by atoms with Crippen LogP contribution in [0.25, 0.3) is 0 Å². The SMILES string of the molecule is CCc1cccc(NC(=O)CCc2c(C)nc(SC)nc2C)c1. The van der Waals surface area contributed by atoms with Gasteiger partial charge in [0.1, 0.15) is 0 Å². The second-order valence-electron chi connectivity index (χ2n) is 5.46. The largest absolute Gasteiger partial charge is 0.326 e. The first-order chi connectivity index (χ1) is 11.0. The summed E-state index contributed by atoms with van der Waals surface area (Å²) in [6, 6.07) is 7.97. The average Bonchev–Trinajstić information content (AvgIpc) is 2.54. The molecule has 0 saturated heterocycles. The molecule has 1 amide bonds. The van der Waals surface area contributed by atoms with Gasteiger partial charge in [0.25, 0.3) is 0 Å². The lowest BCUT2D eigenvalue weighted by Crippen LogP contribution is -2.14. The summed E-state index contributed by atoms with van der Waals surface area (Å²) < 4.78 is 0. The zero-order valence-electron chi connectivity index (χ0n) is 14.1. The molecule has 0 aliphatic heterocycles. The predicted molar refractivity (Wildman–Crippen MR) is 96.1 cm³/mol. The lowest BCUT2D eigenvalue weighted by Gasteiger charge is -2.10. The van der Waals surface area contributed by atoms with Crippen molar-refractivity contribution < 1.29 is 4.79 Å². The number of amides is 1. The third kappa shape index (κ3) is 4.79. The number of rotatable bonds is 6. The van der Waals surface area contributed by atoms with Crippen LogP contribution in [0, 0.1) is 13.8 Å². The zero-order chi connectivity index (χ0) is 16.8. The molecule has 122 valence electrons. The molecule has 0 spiro atoms. The monoisotopic (exact) mass is 329 g/mol. The first kappa shape index (κ1) is 17.5. The van der Waals surface area contributed by atoms with Gasteiger partial charge in [0.2, 0.25) is 5.91 Å². The molecule has 1 aromatic carbocycles. The van der Waals surface area contributed by atoms with E-state index in [0.29, 0.717) is 12.8 Å². The van der Waals surface area contributed by atoms with Crippen LogP contribution < -0.4 is 5.32 Å². The fourth-order valence-electron chi connectivity index (χ4n) is 2.49. The van der Waals surface area contributed by atoms with Gasteiger partial charge in [-0.2, -0.15) is 0 Å². The Balaban J connectivity index is 1.99. The van der Waals surface area contributed by atoms with Crippen molar-refractivity contribution in [3.8, 4) is 0 Å². The van der Waals surface area contributed by atoms with Crippen molar-refractivity contribution in [1.82, 2.24) is 9.97 Å². The van der Waals surface area contributed by atoms with Crippen LogP contribution in [0.1, 0.15) is 35.9 Å². The van der Waals surface area contributed by atoms with E-state index in [1.54, 1.807) is 0 Å². The molecule has 2 rings (SSSR count). The highest BCUT2D eigenvalue weighted by Gasteiger charge is 2.11. The molecule has 5 heteroatoms. The number of aryl methyl sites for hydroxylation is 3. The Labute approximate surface area is 142 Å². The molecule has 0 unspecified atom stereocenters. The predicted octanol–water partition coefficient (Wildman–Crippen LogP) is 3.95. The van der Waals surface area contributed by atoms with Gasteiger partial charge in [0.05, 0.1) is 0 Å². The summed E-state index contributed by atoms with van der Waals surface area (Å²) in [6.45, 7) is 6.06. The molecule has 1 heterocycles. The van der Waals surface area contributed by atoms with Gasteiger partial charge in [0.15, 0.2) is 5.16 Å². The number of nitrogens with zero attached hydrogens (tertiary/aromatic N) is 2. The van der Waals surface area contributed by atoms with Crippen LogP contribution in [0.15, 0.2) is 29.4 Å². The van der Waals surface area contributed by atoms with Crippen molar-refractivity contribution in [2.75, 3.05) is 11.6 Å². The van der Waals surface area contributed by atoms with Gasteiger partial charge in [-0.25, -0.2) is 9.97 Å². The molecule has 2 aromatic rings. The van der Waals surface area contributed by atoms with Crippen molar-refractivity contribution in [3.05, 3.63) is 46.8 Å². The molecule has 4 nitrogen and oxygen atoms in total. The highest BCUT2D eigenvalue weighted by Crippen LogP contribution is 2.18. The minimum absolute atomic E-state index is 0.0194. The van der Waals surface area contributed by atoms with Crippen molar-refractivity contribution in [1.29, 1.82) is 0 Å². The molecule has 23 heavy (non-hydrogen) atoms. The van der Waals surface area contributed by atoms with Gasteiger partial charge >= 0.3 is 0 Å². The fraction of sp³-hybridized carbons (Fsp3) is 0.389. The van der Waals surface area contributed by atoms with E-state index in [1.165, 1.54) is 17.3 Å². The van der Waals surface area contributed by atoms with Crippen LogP contribution in [-0.2, 0) is 17.6 Å². The first-order valence-electron chi connectivity index (χ1n) is 7.80. The minimum atomic E-state index is 0.0194. The maximum atomic E-state index is 12.2. The summed E-state index contributed by atoms with van der Waals surface area (Å²) in [5, 5.41) is 3.75. The van der Waals surface area contributed by atoms with Crippen LogP contribution in [0.3, 0.4) is 0 Å². The van der Waals surface area contributed by atoms with Crippen LogP contribution in [0.5, 0.6) is 0 Å². The van der Waals surface area contributed by atoms with Crippen LogP contribution in [-0.4, -0.2) is 22.1 Å². The van der Waals surface area contributed by atoms with Gasteiger partial charge in [-0.05, 0) is 56.2 Å². The second kappa shape index (κ2) is 8.11. The zero-order valence-corrected chi connectivity index (χ0v) is 15.0. The van der Waals surface area contributed by atoms with Crippen LogP contribution >= 0.6 is 11.8 Å². The van der Waals surface area contributed by atoms with Crippen LogP contribution in [0.2, 0.25) is 0 Å². The van der Waals surface area contributed by atoms with E-state index in [0.717, 1.165) is 34.2 Å². The summed E-state index contributed by atoms with van der Waals surface area (Å²) in [6.07, 6.45) is 4.01. The Morgan fingerprint density at radius 2 is 1.91 bits per heavy atom. The Morgan fingerprint density at radius 3 is 2.52 bits per heavy atom. The number of hydrogen-bond acceptors (Lipinski definition) is 4. The Morgan fingerprint density at radius 1 is 1.22 bits per heavy atom. The summed E-state index contributed by atoms with van der Waals surface area (Å²) in [5.41, 5.74) is 5.07. The number of nitrogens with one attached hydrogen (secondary N) is 1. The molecular formula is C18H23N3OS. The summed E-state index contributed by atoms with van der Waals surface area (Å²) >= 11 is 1.53. The number of carbonyl (C=O) groups excluding carboxylic acids is 1. The van der Waals surface area contributed by atoms with E-state index in [4.69, 9.17) is 0 Å². The van der Waals surface area contributed by atoms with Gasteiger partial charge < -0.3 is 5.32 Å². The quantitative estimate of drug-likeness (QED) is 0.644. The highest BCUT2D eigenvalue weighted by atomic mass is 32.2. The maximum Gasteiger partial charge on any atom is 0.224 e. The molecule has 0 aliphatic carbocycles. The Bertz CT molecular complexity index is 677. The van der Waals surface area contributed by atoms with Gasteiger partial charge in [-0.3, -0.25) is 4.79 Å². The van der Waals surface area contributed by atoms with Gasteiger partial charge in [-0.1, -0.05) is 30.8 Å². The lowest BCUT2D eigenvalue weighted by atomic mass is 10.1. The van der Waals surface area contributed by atoms with Crippen molar-refractivity contribution in [3.63, 3.8) is 0 Å². The molecule has 0 bridgehead atoms. The molecule has 1 aromatic heterocycles. The standard InChI is InChI=1S/C18H23N3OS/c1-5-14-7-6-8-15(11-14)21-17(22)10-9-16-12(2)19-18(23-4)20-13(16)3/h6-8,11H,5,9-10H2,1-4H3,(H,21,22). The van der Waals surface area contributed by atoms with E-state index in [9.17, 15) is 4.79 Å². The third-order valence-corrected chi connectivity index (χ3v) is 4.35. The average molecular weight is 329 g/mol. The van der Waals surface area contributed by atoms with Gasteiger partial charge in [0, 0.05) is 23.5 Å². The molecule has 0 aliphatic rings. The van der Waals surface area contributed by atoms with E-state index >= 15 is 0 Å². The molecule has 0 radical (unpaired) electrons. The number of carbonyl (C=O) groups is 1. The smallest absolute Gasteiger partial charge is 0.224 e. The number of aromatic nitrogens is 2. The van der Waals surface area contributed by atoms with Crippen LogP contribution in [0.4, 0.5) is 5.69 Å². The third-order valence-electron chi connectivity index (χ3n) is 3.80. The summed E-state index contributed by atoms with van der Waals surface area (Å²) in [4.78, 5) is 21.1. The summed E-state index contributed by atoms with van der Waals surface area (Å²) in [7, 11) is 0. The number of hydrogen-bond donors (Lipinski definition) is 1. The summed E-state index contributed by atoms with van der Waals surface area (Å²) in [5.74, 6) is 0.0194. The molecule has 0 atom stereocenters. The number of benzene rings is 1. The van der Waals surface area contributed by atoms with E-state index in [1.807, 2.05) is 38.3 Å². The normalized spacial score (nSPS) is 10.6. The highest BCUT2D eigenvalue weighted by molar-refractivity contribution is 7.98. The first-order valence-corrected chi connectivity index (χ1v) is 9.02. The lowest BCUT2D eigenvalue weighted by molar-refractivity contribution is -0.116. The Hall–Kier alpha value is -1.88. The Kier molecular flexibility index (Phi) is 6.16. The van der Waals surface area contributed by atoms with Gasteiger partial charge in [-0.15, -0.1) is 0 Å². The van der Waals surface area contributed by atoms with Crippen molar-refractivity contribution in [2.45, 2.75) is 45.2 Å². The molecule has 0 fully saturated rings.